The molecule has 142 valence electrons. The molecule has 0 aliphatic carbocycles. The Labute approximate surface area is 168 Å². The van der Waals surface area contributed by atoms with Crippen molar-refractivity contribution in [1.82, 2.24) is 10.3 Å². The summed E-state index contributed by atoms with van der Waals surface area (Å²) in [5, 5.41) is 6.33. The van der Waals surface area contributed by atoms with Crippen molar-refractivity contribution in [2.75, 3.05) is 5.32 Å². The number of benzene rings is 2. The number of aromatic nitrogens is 1. The van der Waals surface area contributed by atoms with E-state index in [2.05, 4.69) is 15.6 Å². The Morgan fingerprint density at radius 2 is 1.75 bits per heavy atom. The molecule has 2 aromatic carbocycles. The van der Waals surface area contributed by atoms with E-state index < -0.39 is 0 Å². The van der Waals surface area contributed by atoms with Gasteiger partial charge in [-0.15, -0.1) is 0 Å². The van der Waals surface area contributed by atoms with Gasteiger partial charge >= 0.3 is 0 Å². The van der Waals surface area contributed by atoms with Gasteiger partial charge in [-0.1, -0.05) is 48.9 Å². The highest BCUT2D eigenvalue weighted by Gasteiger charge is 2.11. The first kappa shape index (κ1) is 19.6. The molecule has 0 atom stereocenters. The van der Waals surface area contributed by atoms with Crippen LogP contribution in [-0.4, -0.2) is 16.8 Å². The molecular formula is C22H20ClN3O2. The summed E-state index contributed by atoms with van der Waals surface area (Å²) in [7, 11) is 0. The normalized spacial score (nSPS) is 10.4. The van der Waals surface area contributed by atoms with Crippen molar-refractivity contribution in [2.24, 2.45) is 0 Å². The lowest BCUT2D eigenvalue weighted by Crippen LogP contribution is -2.22. The molecule has 2 N–H and O–H groups in total. The zero-order valence-electron chi connectivity index (χ0n) is 15.4. The Hall–Kier alpha value is -3.18. The number of anilines is 1. The Morgan fingerprint density at radius 3 is 2.46 bits per heavy atom. The summed E-state index contributed by atoms with van der Waals surface area (Å²) in [4.78, 5) is 28.5. The molecule has 0 saturated heterocycles. The van der Waals surface area contributed by atoms with Crippen molar-refractivity contribution >= 4 is 29.1 Å². The summed E-state index contributed by atoms with van der Waals surface area (Å²) in [6.45, 7) is 2.15. The van der Waals surface area contributed by atoms with Crippen molar-refractivity contribution in [3.63, 3.8) is 0 Å². The lowest BCUT2D eigenvalue weighted by Gasteiger charge is -2.11. The second-order valence-electron chi connectivity index (χ2n) is 6.15. The van der Waals surface area contributed by atoms with Gasteiger partial charge in [0.1, 0.15) is 0 Å². The molecule has 0 unspecified atom stereocenters. The van der Waals surface area contributed by atoms with Crippen LogP contribution < -0.4 is 10.6 Å². The van der Waals surface area contributed by atoms with E-state index in [9.17, 15) is 9.59 Å². The van der Waals surface area contributed by atoms with Gasteiger partial charge in [-0.25, -0.2) is 0 Å². The average molecular weight is 394 g/mol. The maximum absolute atomic E-state index is 12.4. The Morgan fingerprint density at radius 1 is 1.00 bits per heavy atom. The quantitative estimate of drug-likeness (QED) is 0.638. The van der Waals surface area contributed by atoms with Crippen LogP contribution in [0.5, 0.6) is 0 Å². The number of halogens is 1. The van der Waals surface area contributed by atoms with Crippen LogP contribution >= 0.6 is 11.6 Å². The van der Waals surface area contributed by atoms with Crippen molar-refractivity contribution in [3.05, 3.63) is 83.0 Å². The number of pyridine rings is 1. The number of nitrogens with zero attached hydrogens (tertiary/aromatic N) is 1. The molecule has 3 aromatic rings. The van der Waals surface area contributed by atoms with Crippen LogP contribution in [0.2, 0.25) is 5.02 Å². The maximum Gasteiger partial charge on any atom is 0.251 e. The van der Waals surface area contributed by atoms with Crippen molar-refractivity contribution in [3.8, 4) is 11.3 Å². The number of hydrogen-bond acceptors (Lipinski definition) is 3. The van der Waals surface area contributed by atoms with Crippen LogP contribution in [0.4, 0.5) is 5.69 Å². The van der Waals surface area contributed by atoms with Crippen molar-refractivity contribution in [1.29, 1.82) is 0 Å². The van der Waals surface area contributed by atoms with Crippen LogP contribution in [0.1, 0.15) is 29.3 Å². The maximum atomic E-state index is 12.4. The average Bonchev–Trinajstić information content (AvgIpc) is 2.73. The van der Waals surface area contributed by atoms with Gasteiger partial charge in [0.2, 0.25) is 5.91 Å². The van der Waals surface area contributed by atoms with Crippen LogP contribution in [0, 0.1) is 0 Å². The summed E-state index contributed by atoms with van der Waals surface area (Å²) in [6.07, 6.45) is 2.06. The molecule has 2 amide bonds. The largest absolute Gasteiger partial charge is 0.348 e. The highest BCUT2D eigenvalue weighted by molar-refractivity contribution is 6.31. The predicted octanol–water partition coefficient (Wildman–Crippen LogP) is 4.68. The smallest absolute Gasteiger partial charge is 0.251 e. The first-order valence-electron chi connectivity index (χ1n) is 8.95. The van der Waals surface area contributed by atoms with E-state index in [0.717, 1.165) is 11.1 Å². The van der Waals surface area contributed by atoms with Crippen LogP contribution in [0.15, 0.2) is 66.9 Å². The standard InChI is InChI=1S/C22H20ClN3O2/c1-2-20(27)26-19-8-5-13-24-21(19)15-9-11-16(12-10-15)22(28)25-14-17-6-3-4-7-18(17)23/h3-13H,2,14H2,1H3,(H,25,28)(H,26,27). The van der Waals surface area contributed by atoms with Gasteiger partial charge < -0.3 is 10.6 Å². The molecule has 1 heterocycles. The van der Waals surface area contributed by atoms with E-state index >= 15 is 0 Å². The number of nitrogens with one attached hydrogen (secondary N) is 2. The molecule has 3 rings (SSSR count). The van der Waals surface area contributed by atoms with E-state index in [1.807, 2.05) is 30.3 Å². The van der Waals surface area contributed by atoms with Gasteiger partial charge in [-0.3, -0.25) is 14.6 Å². The molecule has 0 fully saturated rings. The third kappa shape index (κ3) is 4.75. The summed E-state index contributed by atoms with van der Waals surface area (Å²) in [5.74, 6) is -0.267. The monoisotopic (exact) mass is 393 g/mol. The van der Waals surface area contributed by atoms with Crippen LogP contribution in [0.25, 0.3) is 11.3 Å². The fraction of sp³-hybridized carbons (Fsp3) is 0.136. The second-order valence-corrected chi connectivity index (χ2v) is 6.56. The summed E-state index contributed by atoms with van der Waals surface area (Å²) in [5.41, 5.74) is 3.51. The molecule has 28 heavy (non-hydrogen) atoms. The van der Waals surface area contributed by atoms with Gasteiger partial charge in [-0.05, 0) is 35.9 Å². The molecule has 0 aliphatic heterocycles. The van der Waals surface area contributed by atoms with E-state index in [0.29, 0.717) is 34.9 Å². The Bertz CT molecular complexity index is 987. The van der Waals surface area contributed by atoms with E-state index in [1.165, 1.54) is 0 Å². The lowest BCUT2D eigenvalue weighted by molar-refractivity contribution is -0.115. The van der Waals surface area contributed by atoms with E-state index in [-0.39, 0.29) is 11.8 Å². The number of carbonyl (C=O) groups is 2. The summed E-state index contributed by atoms with van der Waals surface area (Å²) < 4.78 is 0. The van der Waals surface area contributed by atoms with Gasteiger partial charge in [-0.2, -0.15) is 0 Å². The fourth-order valence-electron chi connectivity index (χ4n) is 2.67. The molecule has 6 heteroatoms. The van der Waals surface area contributed by atoms with Crippen molar-refractivity contribution in [2.45, 2.75) is 19.9 Å². The summed E-state index contributed by atoms with van der Waals surface area (Å²) in [6, 6.07) is 18.1. The number of amides is 2. The predicted molar refractivity (Wildman–Crippen MR) is 111 cm³/mol. The van der Waals surface area contributed by atoms with Crippen LogP contribution in [-0.2, 0) is 11.3 Å². The minimum absolute atomic E-state index is 0.0789. The van der Waals surface area contributed by atoms with Gasteiger partial charge in [0, 0.05) is 35.3 Å². The molecule has 0 spiro atoms. The molecule has 0 radical (unpaired) electrons. The fourth-order valence-corrected chi connectivity index (χ4v) is 2.88. The molecule has 1 aromatic heterocycles. The topological polar surface area (TPSA) is 71.1 Å². The number of rotatable bonds is 6. The number of hydrogen-bond donors (Lipinski definition) is 2. The third-order valence-corrected chi connectivity index (χ3v) is 4.59. The Kier molecular flexibility index (Phi) is 6.40. The van der Waals surface area contributed by atoms with Gasteiger partial charge in [0.05, 0.1) is 11.4 Å². The first-order chi connectivity index (χ1) is 13.6. The molecule has 5 nitrogen and oxygen atoms in total. The minimum Gasteiger partial charge on any atom is -0.348 e. The highest BCUT2D eigenvalue weighted by atomic mass is 35.5. The first-order valence-corrected chi connectivity index (χ1v) is 9.33. The Balaban J connectivity index is 1.72. The lowest BCUT2D eigenvalue weighted by atomic mass is 10.1. The van der Waals surface area contributed by atoms with Crippen molar-refractivity contribution < 1.29 is 9.59 Å². The highest BCUT2D eigenvalue weighted by Crippen LogP contribution is 2.26. The second kappa shape index (κ2) is 9.15. The third-order valence-electron chi connectivity index (χ3n) is 4.22. The molecule has 0 bridgehead atoms. The minimum atomic E-state index is -0.188. The zero-order valence-corrected chi connectivity index (χ0v) is 16.2. The molecule has 0 aliphatic rings. The molecule has 0 saturated carbocycles. The van der Waals surface area contributed by atoms with E-state index in [4.69, 9.17) is 11.6 Å². The zero-order chi connectivity index (χ0) is 19.9. The molecular weight excluding hydrogens is 374 g/mol. The SMILES string of the molecule is CCC(=O)Nc1cccnc1-c1ccc(C(=O)NCc2ccccc2Cl)cc1. The van der Waals surface area contributed by atoms with Gasteiger partial charge in [0.25, 0.3) is 5.91 Å². The number of carbonyl (C=O) groups excluding carboxylic acids is 2. The van der Waals surface area contributed by atoms with Crippen LogP contribution in [0.3, 0.4) is 0 Å². The van der Waals surface area contributed by atoms with E-state index in [1.54, 1.807) is 43.5 Å². The van der Waals surface area contributed by atoms with Gasteiger partial charge in [0.15, 0.2) is 0 Å². The summed E-state index contributed by atoms with van der Waals surface area (Å²) >= 11 is 6.12.